The summed E-state index contributed by atoms with van der Waals surface area (Å²) in [6, 6.07) is 15.6. The van der Waals surface area contributed by atoms with Crippen molar-refractivity contribution in [2.24, 2.45) is 0 Å². The number of nitrogens with one attached hydrogen (secondary N) is 2. The molecule has 2 aromatic carbocycles. The Morgan fingerprint density at radius 3 is 2.64 bits per heavy atom. The van der Waals surface area contributed by atoms with Crippen molar-refractivity contribution in [2.75, 3.05) is 10.6 Å². The molecular weight excluding hydrogens is 380 g/mol. The second kappa shape index (κ2) is 7.90. The van der Waals surface area contributed by atoms with Crippen molar-refractivity contribution < 1.29 is 4.79 Å². The molecule has 1 amide bonds. The smallest absolute Gasteiger partial charge is 0.275 e. The minimum absolute atomic E-state index is 0.265. The Morgan fingerprint density at radius 1 is 1.08 bits per heavy atom. The SMILES string of the molecule is Cc1cccc(CNc2cnc(C(=O)Nc3cccc(Br)c3)cn2)c1. The molecule has 0 saturated heterocycles. The van der Waals surface area contributed by atoms with Crippen LogP contribution in [-0.2, 0) is 6.54 Å². The van der Waals surface area contributed by atoms with Gasteiger partial charge in [0, 0.05) is 16.7 Å². The van der Waals surface area contributed by atoms with Gasteiger partial charge in [0.05, 0.1) is 12.4 Å². The van der Waals surface area contributed by atoms with Gasteiger partial charge in [-0.25, -0.2) is 9.97 Å². The summed E-state index contributed by atoms with van der Waals surface area (Å²) < 4.78 is 0.895. The number of halogens is 1. The van der Waals surface area contributed by atoms with Crippen LogP contribution in [0.1, 0.15) is 21.6 Å². The molecule has 0 fully saturated rings. The van der Waals surface area contributed by atoms with E-state index in [4.69, 9.17) is 0 Å². The van der Waals surface area contributed by atoms with E-state index < -0.39 is 0 Å². The van der Waals surface area contributed by atoms with E-state index in [0.29, 0.717) is 18.1 Å². The Bertz CT molecular complexity index is 881. The monoisotopic (exact) mass is 396 g/mol. The summed E-state index contributed by atoms with van der Waals surface area (Å²) in [5.41, 5.74) is 3.34. The molecule has 0 spiro atoms. The molecule has 0 bridgehead atoms. The van der Waals surface area contributed by atoms with Crippen LogP contribution in [-0.4, -0.2) is 15.9 Å². The Kier molecular flexibility index (Phi) is 5.40. The summed E-state index contributed by atoms with van der Waals surface area (Å²) in [6.45, 7) is 2.71. The highest BCUT2D eigenvalue weighted by atomic mass is 79.9. The van der Waals surface area contributed by atoms with Crippen molar-refractivity contribution in [3.8, 4) is 0 Å². The number of carbonyl (C=O) groups excluding carboxylic acids is 1. The Labute approximate surface area is 154 Å². The van der Waals surface area contributed by atoms with Gasteiger partial charge in [-0.05, 0) is 30.7 Å². The standard InChI is InChI=1S/C19H17BrN4O/c1-13-4-2-5-14(8-13)10-22-18-12-21-17(11-23-18)19(25)24-16-7-3-6-15(20)9-16/h2-9,11-12H,10H2,1H3,(H,22,23)(H,24,25). The zero-order chi connectivity index (χ0) is 17.6. The van der Waals surface area contributed by atoms with Crippen LogP contribution in [0.5, 0.6) is 0 Å². The molecule has 0 unspecified atom stereocenters. The molecule has 2 N–H and O–H groups in total. The van der Waals surface area contributed by atoms with E-state index in [0.717, 1.165) is 4.47 Å². The van der Waals surface area contributed by atoms with E-state index in [1.54, 1.807) is 6.20 Å². The number of benzene rings is 2. The number of aryl methyl sites for hydroxylation is 1. The molecule has 0 atom stereocenters. The Hall–Kier alpha value is -2.73. The maximum atomic E-state index is 12.2. The predicted octanol–water partition coefficient (Wildman–Crippen LogP) is 4.41. The maximum Gasteiger partial charge on any atom is 0.275 e. The summed E-state index contributed by atoms with van der Waals surface area (Å²) in [6.07, 6.45) is 3.03. The fraction of sp³-hybridized carbons (Fsp3) is 0.105. The molecule has 6 heteroatoms. The number of hydrogen-bond acceptors (Lipinski definition) is 4. The first-order valence-electron chi connectivity index (χ1n) is 7.78. The number of aromatic nitrogens is 2. The number of rotatable bonds is 5. The molecule has 3 aromatic rings. The van der Waals surface area contributed by atoms with Crippen LogP contribution < -0.4 is 10.6 Å². The van der Waals surface area contributed by atoms with Crippen LogP contribution >= 0.6 is 15.9 Å². The lowest BCUT2D eigenvalue weighted by atomic mass is 10.1. The molecule has 1 heterocycles. The third-order valence-corrected chi connectivity index (χ3v) is 4.02. The van der Waals surface area contributed by atoms with Gasteiger partial charge >= 0.3 is 0 Å². The molecule has 0 aliphatic heterocycles. The van der Waals surface area contributed by atoms with Gasteiger partial charge < -0.3 is 10.6 Å². The van der Waals surface area contributed by atoms with E-state index in [9.17, 15) is 4.79 Å². The van der Waals surface area contributed by atoms with Gasteiger partial charge in [-0.15, -0.1) is 0 Å². The molecule has 3 rings (SSSR count). The minimum Gasteiger partial charge on any atom is -0.365 e. The quantitative estimate of drug-likeness (QED) is 0.669. The predicted molar refractivity (Wildman–Crippen MR) is 103 cm³/mol. The van der Waals surface area contributed by atoms with Crippen LogP contribution in [0.15, 0.2) is 65.4 Å². The largest absolute Gasteiger partial charge is 0.365 e. The molecule has 0 aliphatic carbocycles. The zero-order valence-electron chi connectivity index (χ0n) is 13.7. The summed E-state index contributed by atoms with van der Waals surface area (Å²) in [5, 5.41) is 5.99. The second-order valence-electron chi connectivity index (χ2n) is 5.59. The van der Waals surface area contributed by atoms with Crippen LogP contribution in [0.3, 0.4) is 0 Å². The number of carbonyl (C=O) groups is 1. The first kappa shape index (κ1) is 17.1. The average Bonchev–Trinajstić information content (AvgIpc) is 2.60. The molecule has 0 aliphatic rings. The first-order chi connectivity index (χ1) is 12.1. The molecular formula is C19H17BrN4O. The van der Waals surface area contributed by atoms with E-state index in [1.807, 2.05) is 36.4 Å². The van der Waals surface area contributed by atoms with Crippen molar-refractivity contribution in [3.63, 3.8) is 0 Å². The summed E-state index contributed by atoms with van der Waals surface area (Å²) >= 11 is 3.37. The molecule has 126 valence electrons. The van der Waals surface area contributed by atoms with Crippen molar-refractivity contribution in [2.45, 2.75) is 13.5 Å². The molecule has 5 nitrogen and oxygen atoms in total. The highest BCUT2D eigenvalue weighted by molar-refractivity contribution is 9.10. The summed E-state index contributed by atoms with van der Waals surface area (Å²) in [4.78, 5) is 20.6. The second-order valence-corrected chi connectivity index (χ2v) is 6.51. The third-order valence-electron chi connectivity index (χ3n) is 3.52. The highest BCUT2D eigenvalue weighted by Crippen LogP contribution is 2.16. The summed E-state index contributed by atoms with van der Waals surface area (Å²) in [5.74, 6) is 0.330. The Balaban J connectivity index is 1.60. The van der Waals surface area contributed by atoms with Crippen LogP contribution in [0.2, 0.25) is 0 Å². The van der Waals surface area contributed by atoms with Crippen molar-refractivity contribution in [3.05, 3.63) is 82.2 Å². The van der Waals surface area contributed by atoms with Gasteiger partial charge in [-0.1, -0.05) is 51.8 Å². The fourth-order valence-corrected chi connectivity index (χ4v) is 2.71. The lowest BCUT2D eigenvalue weighted by Crippen LogP contribution is -2.14. The Morgan fingerprint density at radius 2 is 1.92 bits per heavy atom. The number of anilines is 2. The van der Waals surface area contributed by atoms with Crippen LogP contribution in [0.4, 0.5) is 11.5 Å². The highest BCUT2D eigenvalue weighted by Gasteiger charge is 2.08. The lowest BCUT2D eigenvalue weighted by molar-refractivity contribution is 0.102. The first-order valence-corrected chi connectivity index (χ1v) is 8.58. The van der Waals surface area contributed by atoms with Gasteiger partial charge in [0.1, 0.15) is 11.5 Å². The maximum absolute atomic E-state index is 12.2. The van der Waals surface area contributed by atoms with Crippen molar-refractivity contribution in [1.82, 2.24) is 9.97 Å². The van der Waals surface area contributed by atoms with Crippen molar-refractivity contribution in [1.29, 1.82) is 0 Å². The number of nitrogens with zero attached hydrogens (tertiary/aromatic N) is 2. The fourth-order valence-electron chi connectivity index (χ4n) is 2.31. The zero-order valence-corrected chi connectivity index (χ0v) is 15.2. The molecule has 0 saturated carbocycles. The minimum atomic E-state index is -0.296. The van der Waals surface area contributed by atoms with Gasteiger partial charge in [0.25, 0.3) is 5.91 Å². The topological polar surface area (TPSA) is 66.9 Å². The summed E-state index contributed by atoms with van der Waals surface area (Å²) in [7, 11) is 0. The molecule has 25 heavy (non-hydrogen) atoms. The van der Waals surface area contributed by atoms with Crippen LogP contribution in [0.25, 0.3) is 0 Å². The number of amides is 1. The third kappa shape index (κ3) is 4.87. The van der Waals surface area contributed by atoms with Gasteiger partial charge in [0.2, 0.25) is 0 Å². The van der Waals surface area contributed by atoms with Gasteiger partial charge in [-0.2, -0.15) is 0 Å². The van der Waals surface area contributed by atoms with E-state index in [-0.39, 0.29) is 11.6 Å². The number of hydrogen-bond donors (Lipinski definition) is 2. The van der Waals surface area contributed by atoms with E-state index in [1.165, 1.54) is 17.3 Å². The van der Waals surface area contributed by atoms with Crippen molar-refractivity contribution >= 4 is 33.3 Å². The lowest BCUT2D eigenvalue weighted by Gasteiger charge is -2.08. The van der Waals surface area contributed by atoms with Gasteiger partial charge in [0.15, 0.2) is 0 Å². The normalized spacial score (nSPS) is 10.3. The molecule has 0 radical (unpaired) electrons. The van der Waals surface area contributed by atoms with E-state index >= 15 is 0 Å². The van der Waals surface area contributed by atoms with E-state index in [2.05, 4.69) is 55.6 Å². The van der Waals surface area contributed by atoms with Crippen LogP contribution in [0, 0.1) is 6.92 Å². The average molecular weight is 397 g/mol. The van der Waals surface area contributed by atoms with Gasteiger partial charge in [-0.3, -0.25) is 4.79 Å². The molecule has 1 aromatic heterocycles.